The Kier molecular flexibility index (Phi) is 2.89. The summed E-state index contributed by atoms with van der Waals surface area (Å²) in [5.41, 5.74) is -4.32. The molecule has 0 amide bonds. The van der Waals surface area contributed by atoms with E-state index in [1.165, 1.54) is 0 Å². The lowest BCUT2D eigenvalue weighted by molar-refractivity contribution is -0.0386. The molecule has 2 nitrogen and oxygen atoms in total. The molecule has 2 bridgehead atoms. The molecule has 2 heterocycles. The minimum atomic E-state index is -4.32. The Morgan fingerprint density at radius 2 is 2.20 bits per heavy atom. The molecule has 15 heavy (non-hydrogen) atoms. The number of alkyl halides is 3. The molecule has 0 saturated carbocycles. The number of hydrogen-bond acceptors (Lipinski definition) is 3. The van der Waals surface area contributed by atoms with Gasteiger partial charge >= 0.3 is 5.51 Å². The van der Waals surface area contributed by atoms with Gasteiger partial charge in [0.05, 0.1) is 0 Å². The lowest BCUT2D eigenvalue weighted by Crippen LogP contribution is -2.35. The molecule has 0 radical (unpaired) electrons. The maximum absolute atomic E-state index is 11.9. The summed E-state index contributed by atoms with van der Waals surface area (Å²) < 4.78 is 40.4. The molecule has 1 fully saturated rings. The summed E-state index contributed by atoms with van der Waals surface area (Å²) in [5, 5.41) is 0. The van der Waals surface area contributed by atoms with Gasteiger partial charge in [-0.1, -0.05) is 0 Å². The van der Waals surface area contributed by atoms with Gasteiger partial charge in [-0.15, -0.1) is 0 Å². The van der Waals surface area contributed by atoms with Crippen LogP contribution in [-0.4, -0.2) is 29.5 Å². The third-order valence-electron chi connectivity index (χ3n) is 2.95. The van der Waals surface area contributed by atoms with E-state index in [0.717, 1.165) is 12.8 Å². The number of rotatable bonds is 2. The monoisotopic (exact) mass is 239 g/mol. The van der Waals surface area contributed by atoms with Crippen LogP contribution in [0.3, 0.4) is 0 Å². The van der Waals surface area contributed by atoms with Crippen molar-refractivity contribution in [3.05, 3.63) is 11.8 Å². The highest BCUT2D eigenvalue weighted by molar-refractivity contribution is 7.95. The highest BCUT2D eigenvalue weighted by Gasteiger charge is 2.37. The Morgan fingerprint density at radius 3 is 2.80 bits per heavy atom. The van der Waals surface area contributed by atoms with Gasteiger partial charge in [0, 0.05) is 18.5 Å². The molecule has 2 rings (SSSR count). The van der Waals surface area contributed by atoms with Crippen molar-refractivity contribution in [2.45, 2.75) is 36.9 Å². The number of nitrogens with zero attached hydrogens (tertiary/aromatic N) is 1. The van der Waals surface area contributed by atoms with Crippen LogP contribution in [0.25, 0.3) is 0 Å². The van der Waals surface area contributed by atoms with Crippen LogP contribution in [0, 0.1) is 0 Å². The first-order chi connectivity index (χ1) is 6.96. The second-order valence-electron chi connectivity index (χ2n) is 3.91. The molecule has 6 heteroatoms. The standard InChI is InChI=1S/C9H12F3NOS/c1-13-6-2-3-7(13)5-8(4-6)14-15-9(10,11)12/h4,6-7H,2-3,5H2,1H3. The van der Waals surface area contributed by atoms with Gasteiger partial charge < -0.3 is 4.18 Å². The molecule has 0 aromatic carbocycles. The lowest BCUT2D eigenvalue weighted by atomic mass is 10.1. The summed E-state index contributed by atoms with van der Waals surface area (Å²) in [5.74, 6) is 0.475. The Morgan fingerprint density at radius 1 is 1.47 bits per heavy atom. The summed E-state index contributed by atoms with van der Waals surface area (Å²) in [6.45, 7) is 0. The molecule has 0 aliphatic carbocycles. The first kappa shape index (κ1) is 11.1. The minimum Gasteiger partial charge on any atom is -0.422 e. The van der Waals surface area contributed by atoms with Crippen LogP contribution in [0.1, 0.15) is 19.3 Å². The molecular weight excluding hydrogens is 227 g/mol. The molecule has 0 aromatic heterocycles. The van der Waals surface area contributed by atoms with E-state index in [1.54, 1.807) is 0 Å². The number of fused-ring (bicyclic) bond motifs is 2. The molecule has 0 aromatic rings. The molecule has 86 valence electrons. The Bertz CT molecular complexity index is 279. The maximum Gasteiger partial charge on any atom is 0.479 e. The van der Waals surface area contributed by atoms with Gasteiger partial charge in [-0.05, 0) is 26.0 Å². The first-order valence-corrected chi connectivity index (χ1v) is 5.55. The third-order valence-corrected chi connectivity index (χ3v) is 3.44. The Hall–Kier alpha value is -0.360. The lowest BCUT2D eigenvalue weighted by Gasteiger charge is -2.29. The summed E-state index contributed by atoms with van der Waals surface area (Å²) in [4.78, 5) is 2.20. The van der Waals surface area contributed by atoms with E-state index in [0.29, 0.717) is 18.2 Å². The van der Waals surface area contributed by atoms with E-state index in [1.807, 2.05) is 13.1 Å². The van der Waals surface area contributed by atoms with E-state index in [4.69, 9.17) is 4.18 Å². The van der Waals surface area contributed by atoms with E-state index in [9.17, 15) is 13.2 Å². The molecule has 0 N–H and O–H groups in total. The highest BCUT2D eigenvalue weighted by atomic mass is 32.2. The van der Waals surface area contributed by atoms with Crippen molar-refractivity contribution in [2.75, 3.05) is 7.05 Å². The number of hydrogen-bond donors (Lipinski definition) is 0. The first-order valence-electron chi connectivity index (χ1n) is 4.81. The van der Waals surface area contributed by atoms with Gasteiger partial charge in [0.15, 0.2) is 12.0 Å². The van der Waals surface area contributed by atoms with Crippen LogP contribution < -0.4 is 0 Å². The average molecular weight is 239 g/mol. The molecule has 0 spiro atoms. The second-order valence-corrected chi connectivity index (χ2v) is 4.71. The van der Waals surface area contributed by atoms with Crippen molar-refractivity contribution in [1.29, 1.82) is 0 Å². The normalized spacial score (nSPS) is 31.6. The number of halogens is 3. The fraction of sp³-hybridized carbons (Fsp3) is 0.778. The van der Waals surface area contributed by atoms with Crippen molar-refractivity contribution in [3.8, 4) is 0 Å². The molecule has 2 unspecified atom stereocenters. The Balaban J connectivity index is 1.93. The molecule has 2 aliphatic rings. The largest absolute Gasteiger partial charge is 0.479 e. The van der Waals surface area contributed by atoms with Crippen LogP contribution in [0.2, 0.25) is 0 Å². The maximum atomic E-state index is 11.9. The Labute approximate surface area is 90.7 Å². The quantitative estimate of drug-likeness (QED) is 0.687. The SMILES string of the molecule is CN1C2C=C(OSC(F)(F)F)CC1CC2. The van der Waals surface area contributed by atoms with Gasteiger partial charge in [-0.2, -0.15) is 13.2 Å². The summed E-state index contributed by atoms with van der Waals surface area (Å²) in [6, 6.07) is 0.608. The summed E-state index contributed by atoms with van der Waals surface area (Å²) in [6.07, 6.45) is 4.46. The van der Waals surface area contributed by atoms with Crippen molar-refractivity contribution in [3.63, 3.8) is 0 Å². The predicted molar refractivity (Wildman–Crippen MR) is 52.0 cm³/mol. The van der Waals surface area contributed by atoms with E-state index in [-0.39, 0.29) is 6.04 Å². The zero-order valence-corrected chi connectivity index (χ0v) is 9.07. The van der Waals surface area contributed by atoms with Gasteiger partial charge in [-0.25, -0.2) is 0 Å². The summed E-state index contributed by atoms with van der Waals surface area (Å²) in [7, 11) is 2.01. The van der Waals surface area contributed by atoms with E-state index < -0.39 is 17.6 Å². The van der Waals surface area contributed by atoms with Gasteiger partial charge in [0.1, 0.15) is 5.76 Å². The van der Waals surface area contributed by atoms with Gasteiger partial charge in [0.2, 0.25) is 0 Å². The van der Waals surface area contributed by atoms with Crippen LogP contribution >= 0.6 is 12.0 Å². The van der Waals surface area contributed by atoms with Crippen LogP contribution in [0.5, 0.6) is 0 Å². The fourth-order valence-corrected chi connectivity index (χ4v) is 2.49. The van der Waals surface area contributed by atoms with Crippen LogP contribution in [0.15, 0.2) is 11.8 Å². The zero-order valence-electron chi connectivity index (χ0n) is 8.25. The van der Waals surface area contributed by atoms with Gasteiger partial charge in [-0.3, -0.25) is 4.90 Å². The fourth-order valence-electron chi connectivity index (χ4n) is 2.17. The van der Waals surface area contributed by atoms with Gasteiger partial charge in [0.25, 0.3) is 0 Å². The number of likely N-dealkylation sites (N-methyl/N-ethyl adjacent to an activating group) is 1. The molecular formula is C9H12F3NOS. The third kappa shape index (κ3) is 2.60. The van der Waals surface area contributed by atoms with Crippen molar-refractivity contribution >= 4 is 12.0 Å². The second kappa shape index (κ2) is 3.90. The van der Waals surface area contributed by atoms with Crippen molar-refractivity contribution in [2.24, 2.45) is 0 Å². The minimum absolute atomic E-state index is 0.257. The smallest absolute Gasteiger partial charge is 0.422 e. The molecule has 2 atom stereocenters. The molecule has 2 aliphatic heterocycles. The highest BCUT2D eigenvalue weighted by Crippen LogP contribution is 2.38. The van der Waals surface area contributed by atoms with Crippen molar-refractivity contribution in [1.82, 2.24) is 4.90 Å². The summed E-state index contributed by atoms with van der Waals surface area (Å²) >= 11 is -0.414. The topological polar surface area (TPSA) is 12.5 Å². The van der Waals surface area contributed by atoms with Crippen molar-refractivity contribution < 1.29 is 17.4 Å². The zero-order chi connectivity index (χ0) is 11.1. The predicted octanol–water partition coefficient (Wildman–Crippen LogP) is 2.92. The average Bonchev–Trinajstić information content (AvgIpc) is 2.39. The molecule has 1 saturated heterocycles. The van der Waals surface area contributed by atoms with Crippen LogP contribution in [0.4, 0.5) is 13.2 Å². The van der Waals surface area contributed by atoms with E-state index in [2.05, 4.69) is 4.90 Å². The van der Waals surface area contributed by atoms with Crippen LogP contribution in [-0.2, 0) is 4.18 Å². The van der Waals surface area contributed by atoms with E-state index >= 15 is 0 Å².